The molecule has 154 valence electrons. The van der Waals surface area contributed by atoms with Gasteiger partial charge in [-0.05, 0) is 25.7 Å². The Kier molecular flexibility index (Phi) is 15.0. The third-order valence-corrected chi connectivity index (χ3v) is 5.28. The number of ether oxygens (including phenoxy) is 2. The molecule has 1 unspecified atom stereocenters. The molecule has 0 bridgehead atoms. The van der Waals surface area contributed by atoms with Crippen LogP contribution in [0.15, 0.2) is 0 Å². The first kappa shape index (κ1) is 23.5. The lowest BCUT2D eigenvalue weighted by molar-refractivity contribution is -0.151. The molecule has 0 aliphatic heterocycles. The fourth-order valence-electron chi connectivity index (χ4n) is 3.34. The molecule has 3 nitrogen and oxygen atoms in total. The minimum absolute atomic E-state index is 0.0571. The lowest BCUT2D eigenvalue weighted by Crippen LogP contribution is -2.20. The third kappa shape index (κ3) is 15.7. The first-order valence-electron chi connectivity index (χ1n) is 11.5. The molecule has 0 saturated heterocycles. The maximum absolute atomic E-state index is 11.7. The van der Waals surface area contributed by atoms with Crippen LogP contribution in [0.1, 0.15) is 117 Å². The van der Waals surface area contributed by atoms with Crippen LogP contribution in [-0.4, -0.2) is 25.3 Å². The van der Waals surface area contributed by atoms with Crippen LogP contribution in [0.3, 0.4) is 0 Å². The number of unbranched alkanes of at least 4 members (excludes halogenated alkanes) is 11. The van der Waals surface area contributed by atoms with Gasteiger partial charge in [0, 0.05) is 13.0 Å². The molecule has 3 heteroatoms. The second-order valence-electron chi connectivity index (χ2n) is 8.25. The van der Waals surface area contributed by atoms with Gasteiger partial charge < -0.3 is 9.47 Å². The van der Waals surface area contributed by atoms with E-state index < -0.39 is 0 Å². The molecule has 0 aromatic heterocycles. The summed E-state index contributed by atoms with van der Waals surface area (Å²) in [4.78, 5) is 11.7. The van der Waals surface area contributed by atoms with Gasteiger partial charge in [0.05, 0.1) is 6.61 Å². The highest BCUT2D eigenvalue weighted by atomic mass is 16.6. The van der Waals surface area contributed by atoms with Crippen molar-refractivity contribution in [1.29, 1.82) is 0 Å². The highest BCUT2D eigenvalue weighted by Crippen LogP contribution is 2.33. The van der Waals surface area contributed by atoms with Crippen LogP contribution in [0.2, 0.25) is 0 Å². The molecule has 0 radical (unpaired) electrons. The topological polar surface area (TPSA) is 35.5 Å². The van der Waals surface area contributed by atoms with E-state index in [9.17, 15) is 4.79 Å². The monoisotopic (exact) mass is 368 g/mol. The first-order chi connectivity index (χ1) is 12.7. The van der Waals surface area contributed by atoms with E-state index >= 15 is 0 Å². The van der Waals surface area contributed by atoms with Crippen molar-refractivity contribution in [2.24, 2.45) is 5.92 Å². The third-order valence-electron chi connectivity index (χ3n) is 5.28. The largest absolute Gasteiger partial charge is 0.460 e. The van der Waals surface area contributed by atoms with Gasteiger partial charge in [0.25, 0.3) is 0 Å². The van der Waals surface area contributed by atoms with Crippen molar-refractivity contribution in [3.05, 3.63) is 0 Å². The van der Waals surface area contributed by atoms with Gasteiger partial charge in [-0.2, -0.15) is 0 Å². The Bertz CT molecular complexity index is 325. The Balaban J connectivity index is 1.73. The van der Waals surface area contributed by atoms with Crippen LogP contribution in [0.25, 0.3) is 0 Å². The molecule has 0 aromatic carbocycles. The maximum atomic E-state index is 11.7. The lowest BCUT2D eigenvalue weighted by atomic mass is 10.1. The fourth-order valence-corrected chi connectivity index (χ4v) is 3.34. The Morgan fingerprint density at radius 3 is 1.96 bits per heavy atom. The molecule has 0 spiro atoms. The Morgan fingerprint density at radius 1 is 0.885 bits per heavy atom. The molecular formula is C23H44O3. The van der Waals surface area contributed by atoms with Crippen molar-refractivity contribution in [1.82, 2.24) is 0 Å². The molecule has 0 amide bonds. The van der Waals surface area contributed by atoms with E-state index in [-0.39, 0.29) is 12.1 Å². The minimum Gasteiger partial charge on any atom is -0.460 e. The standard InChI is InChI=1S/C23H44O3/c1-3-4-5-6-7-8-9-10-11-12-13-14-19-25-20-21(2)26-23(24)18-17-22-15-16-22/h21-22H,3-20H2,1-2H3. The van der Waals surface area contributed by atoms with Crippen LogP contribution in [0.4, 0.5) is 0 Å². The van der Waals surface area contributed by atoms with Crippen molar-refractivity contribution < 1.29 is 14.3 Å². The molecule has 0 heterocycles. The van der Waals surface area contributed by atoms with Crippen molar-refractivity contribution in [2.45, 2.75) is 123 Å². The molecule has 1 aliphatic carbocycles. The number of hydrogen-bond acceptors (Lipinski definition) is 3. The molecule has 0 N–H and O–H groups in total. The van der Waals surface area contributed by atoms with Crippen molar-refractivity contribution in [3.8, 4) is 0 Å². The van der Waals surface area contributed by atoms with Crippen LogP contribution < -0.4 is 0 Å². The van der Waals surface area contributed by atoms with Crippen LogP contribution in [-0.2, 0) is 14.3 Å². The van der Waals surface area contributed by atoms with E-state index in [1.807, 2.05) is 6.92 Å². The van der Waals surface area contributed by atoms with Gasteiger partial charge in [0.2, 0.25) is 0 Å². The van der Waals surface area contributed by atoms with Crippen LogP contribution in [0.5, 0.6) is 0 Å². The summed E-state index contributed by atoms with van der Waals surface area (Å²) < 4.78 is 11.0. The summed E-state index contributed by atoms with van der Waals surface area (Å²) >= 11 is 0. The zero-order chi connectivity index (χ0) is 18.9. The average Bonchev–Trinajstić information content (AvgIpc) is 3.44. The van der Waals surface area contributed by atoms with Gasteiger partial charge in [-0.25, -0.2) is 0 Å². The zero-order valence-corrected chi connectivity index (χ0v) is 17.6. The van der Waals surface area contributed by atoms with E-state index in [4.69, 9.17) is 9.47 Å². The predicted octanol–water partition coefficient (Wildman–Crippen LogP) is 6.83. The average molecular weight is 369 g/mol. The van der Waals surface area contributed by atoms with Crippen molar-refractivity contribution in [2.75, 3.05) is 13.2 Å². The maximum Gasteiger partial charge on any atom is 0.306 e. The number of carbonyl (C=O) groups is 1. The molecule has 0 aromatic rings. The number of esters is 1. The molecule has 1 fully saturated rings. The summed E-state index contributed by atoms with van der Waals surface area (Å²) in [6.45, 7) is 5.53. The summed E-state index contributed by atoms with van der Waals surface area (Å²) in [6, 6.07) is 0. The van der Waals surface area contributed by atoms with Gasteiger partial charge in [-0.1, -0.05) is 90.4 Å². The SMILES string of the molecule is CCCCCCCCCCCCCCOCC(C)OC(=O)CCC1CC1. The molecule has 1 atom stereocenters. The van der Waals surface area contributed by atoms with Crippen molar-refractivity contribution >= 4 is 5.97 Å². The smallest absolute Gasteiger partial charge is 0.306 e. The van der Waals surface area contributed by atoms with Gasteiger partial charge in [-0.3, -0.25) is 4.79 Å². The lowest BCUT2D eigenvalue weighted by Gasteiger charge is -2.13. The summed E-state index contributed by atoms with van der Waals surface area (Å²) in [5.41, 5.74) is 0. The summed E-state index contributed by atoms with van der Waals surface area (Å²) in [7, 11) is 0. The quantitative estimate of drug-likeness (QED) is 0.185. The van der Waals surface area contributed by atoms with Crippen LogP contribution >= 0.6 is 0 Å². The molecule has 1 aliphatic rings. The first-order valence-corrected chi connectivity index (χ1v) is 11.5. The second-order valence-corrected chi connectivity index (χ2v) is 8.25. The van der Waals surface area contributed by atoms with E-state index in [1.165, 1.54) is 83.5 Å². The van der Waals surface area contributed by atoms with Crippen LogP contribution in [0, 0.1) is 5.92 Å². The zero-order valence-electron chi connectivity index (χ0n) is 17.6. The second kappa shape index (κ2) is 16.6. The van der Waals surface area contributed by atoms with Crippen molar-refractivity contribution in [3.63, 3.8) is 0 Å². The highest BCUT2D eigenvalue weighted by Gasteiger charge is 2.22. The van der Waals surface area contributed by atoms with Gasteiger partial charge >= 0.3 is 5.97 Å². The number of hydrogen-bond donors (Lipinski definition) is 0. The van der Waals surface area contributed by atoms with Gasteiger partial charge in [-0.15, -0.1) is 0 Å². The minimum atomic E-state index is -0.112. The fraction of sp³-hybridized carbons (Fsp3) is 0.957. The van der Waals surface area contributed by atoms with Gasteiger partial charge in [0.15, 0.2) is 0 Å². The highest BCUT2D eigenvalue weighted by molar-refractivity contribution is 5.69. The number of rotatable bonds is 19. The molecule has 1 saturated carbocycles. The Labute approximate surface area is 162 Å². The summed E-state index contributed by atoms with van der Waals surface area (Å²) in [5, 5.41) is 0. The van der Waals surface area contributed by atoms with E-state index in [0.717, 1.165) is 25.4 Å². The van der Waals surface area contributed by atoms with E-state index in [2.05, 4.69) is 6.92 Å². The van der Waals surface area contributed by atoms with E-state index in [1.54, 1.807) is 0 Å². The number of carbonyl (C=O) groups excluding carboxylic acids is 1. The Morgan fingerprint density at radius 2 is 1.42 bits per heavy atom. The Hall–Kier alpha value is -0.570. The normalized spacial score (nSPS) is 15.2. The summed E-state index contributed by atoms with van der Waals surface area (Å²) in [6.07, 6.45) is 20.4. The van der Waals surface area contributed by atoms with Gasteiger partial charge in [0.1, 0.15) is 6.10 Å². The predicted molar refractivity (Wildman–Crippen MR) is 109 cm³/mol. The molecular weight excluding hydrogens is 324 g/mol. The molecule has 26 heavy (non-hydrogen) atoms. The molecule has 1 rings (SSSR count). The summed E-state index contributed by atoms with van der Waals surface area (Å²) in [5.74, 6) is 0.735. The van der Waals surface area contributed by atoms with E-state index in [0.29, 0.717) is 13.0 Å².